The van der Waals surface area contributed by atoms with Gasteiger partial charge in [-0.1, -0.05) is 0 Å². The van der Waals surface area contributed by atoms with Crippen molar-refractivity contribution in [2.75, 3.05) is 24.8 Å². The molecule has 0 aliphatic rings. The molecule has 6 heteroatoms. The zero-order valence-corrected chi connectivity index (χ0v) is 10.7. The number of methoxy groups -OCH3 is 1. The number of hydrogen-bond acceptors (Lipinski definition) is 6. The van der Waals surface area contributed by atoms with Crippen LogP contribution >= 0.6 is 0 Å². The summed E-state index contributed by atoms with van der Waals surface area (Å²) in [5.74, 6) is -0.0420. The molecule has 0 saturated heterocycles. The lowest BCUT2D eigenvalue weighted by molar-refractivity contribution is 0.0601. The molecule has 6 nitrogen and oxygen atoms in total. The number of pyridine rings is 1. The second-order valence-corrected chi connectivity index (χ2v) is 3.95. The summed E-state index contributed by atoms with van der Waals surface area (Å²) in [5.41, 5.74) is 6.30. The first kappa shape index (κ1) is 13.8. The number of carbonyl (C=O) groups is 1. The molecule has 1 heterocycles. The number of nitrogen functional groups attached to an aromatic ring is 1. The van der Waals surface area contributed by atoms with Crippen molar-refractivity contribution >= 4 is 17.5 Å². The lowest BCUT2D eigenvalue weighted by Gasteiger charge is -2.25. The number of esters is 1. The number of ether oxygens (including phenoxy) is 1. The number of nitrogens with two attached hydrogens (primary N) is 1. The maximum absolute atomic E-state index is 11.7. The Kier molecular flexibility index (Phi) is 4.49. The van der Waals surface area contributed by atoms with Gasteiger partial charge < -0.3 is 15.4 Å². The predicted octanol–water partition coefficient (Wildman–Crippen LogP) is 1.19. The summed E-state index contributed by atoms with van der Waals surface area (Å²) in [6.45, 7) is 1.88. The van der Waals surface area contributed by atoms with Gasteiger partial charge in [-0.15, -0.1) is 0 Å². The minimum atomic E-state index is -0.499. The second kappa shape index (κ2) is 5.87. The highest BCUT2D eigenvalue weighted by molar-refractivity contribution is 5.95. The molecule has 0 aliphatic heterocycles. The van der Waals surface area contributed by atoms with Crippen molar-refractivity contribution < 1.29 is 9.53 Å². The van der Waals surface area contributed by atoms with Crippen molar-refractivity contribution in [1.82, 2.24) is 4.98 Å². The van der Waals surface area contributed by atoms with Crippen LogP contribution in [0.5, 0.6) is 0 Å². The molecular formula is C12H16N4O2. The lowest BCUT2D eigenvalue weighted by Crippen LogP contribution is -2.31. The topological polar surface area (TPSA) is 92.2 Å². The van der Waals surface area contributed by atoms with Crippen LogP contribution in [0.4, 0.5) is 11.5 Å². The maximum atomic E-state index is 11.7. The highest BCUT2D eigenvalue weighted by atomic mass is 16.5. The summed E-state index contributed by atoms with van der Waals surface area (Å²) < 4.78 is 4.70. The van der Waals surface area contributed by atoms with E-state index in [4.69, 9.17) is 15.7 Å². The van der Waals surface area contributed by atoms with Crippen LogP contribution < -0.4 is 10.6 Å². The Hall–Kier alpha value is -2.29. The van der Waals surface area contributed by atoms with Gasteiger partial charge in [0.25, 0.3) is 0 Å². The SMILES string of the molecule is COC(=O)c1cc(N)cnc1N(C)C(C)CC#N. The van der Waals surface area contributed by atoms with Crippen LogP contribution in [-0.2, 0) is 4.74 Å². The van der Waals surface area contributed by atoms with E-state index in [0.29, 0.717) is 23.5 Å². The first-order chi connectivity index (χ1) is 8.51. The van der Waals surface area contributed by atoms with Gasteiger partial charge in [0.1, 0.15) is 11.4 Å². The normalized spacial score (nSPS) is 11.4. The Balaban J connectivity index is 3.15. The number of rotatable bonds is 4. The van der Waals surface area contributed by atoms with Gasteiger partial charge in [0, 0.05) is 13.1 Å². The molecule has 0 aromatic carbocycles. The van der Waals surface area contributed by atoms with E-state index >= 15 is 0 Å². The van der Waals surface area contributed by atoms with Gasteiger partial charge >= 0.3 is 5.97 Å². The highest BCUT2D eigenvalue weighted by Crippen LogP contribution is 2.22. The number of nitrogens with zero attached hydrogens (tertiary/aromatic N) is 3. The van der Waals surface area contributed by atoms with Crippen molar-refractivity contribution in [3.05, 3.63) is 17.8 Å². The van der Waals surface area contributed by atoms with Crippen LogP contribution in [0.3, 0.4) is 0 Å². The molecule has 2 N–H and O–H groups in total. The molecule has 0 bridgehead atoms. The van der Waals surface area contributed by atoms with Crippen molar-refractivity contribution in [3.63, 3.8) is 0 Å². The summed E-state index contributed by atoms with van der Waals surface area (Å²) in [6.07, 6.45) is 1.81. The molecule has 1 aromatic rings. The lowest BCUT2D eigenvalue weighted by atomic mass is 10.2. The number of aromatic nitrogens is 1. The van der Waals surface area contributed by atoms with E-state index in [0.717, 1.165) is 0 Å². The van der Waals surface area contributed by atoms with Crippen LogP contribution in [0, 0.1) is 11.3 Å². The third kappa shape index (κ3) is 2.88. The average molecular weight is 248 g/mol. The van der Waals surface area contributed by atoms with Crippen LogP contribution in [0.25, 0.3) is 0 Å². The fourth-order valence-electron chi connectivity index (χ4n) is 1.49. The average Bonchev–Trinajstić information content (AvgIpc) is 2.37. The fraction of sp³-hybridized carbons (Fsp3) is 0.417. The predicted molar refractivity (Wildman–Crippen MR) is 68.1 cm³/mol. The van der Waals surface area contributed by atoms with E-state index in [1.54, 1.807) is 11.9 Å². The van der Waals surface area contributed by atoms with Gasteiger partial charge in [0.05, 0.1) is 31.5 Å². The van der Waals surface area contributed by atoms with Gasteiger partial charge in [-0.2, -0.15) is 5.26 Å². The van der Waals surface area contributed by atoms with Crippen molar-refractivity contribution in [1.29, 1.82) is 5.26 Å². The molecular weight excluding hydrogens is 232 g/mol. The van der Waals surface area contributed by atoms with Crippen molar-refractivity contribution in [3.8, 4) is 6.07 Å². The smallest absolute Gasteiger partial charge is 0.341 e. The quantitative estimate of drug-likeness (QED) is 0.804. The van der Waals surface area contributed by atoms with E-state index in [1.807, 2.05) is 6.92 Å². The molecule has 0 spiro atoms. The molecule has 0 radical (unpaired) electrons. The molecule has 1 rings (SSSR count). The van der Waals surface area contributed by atoms with E-state index in [1.165, 1.54) is 19.4 Å². The molecule has 96 valence electrons. The van der Waals surface area contributed by atoms with Crippen molar-refractivity contribution in [2.24, 2.45) is 0 Å². The largest absolute Gasteiger partial charge is 0.465 e. The molecule has 0 amide bonds. The first-order valence-electron chi connectivity index (χ1n) is 5.44. The maximum Gasteiger partial charge on any atom is 0.341 e. The zero-order chi connectivity index (χ0) is 13.7. The Morgan fingerprint density at radius 1 is 1.72 bits per heavy atom. The number of nitriles is 1. The molecule has 18 heavy (non-hydrogen) atoms. The first-order valence-corrected chi connectivity index (χ1v) is 5.44. The summed E-state index contributed by atoms with van der Waals surface area (Å²) in [7, 11) is 3.07. The van der Waals surface area contributed by atoms with E-state index in [-0.39, 0.29) is 6.04 Å². The summed E-state index contributed by atoms with van der Waals surface area (Å²) in [5, 5.41) is 8.69. The van der Waals surface area contributed by atoms with Gasteiger partial charge in [-0.25, -0.2) is 9.78 Å². The van der Waals surface area contributed by atoms with Gasteiger partial charge in [0.2, 0.25) is 0 Å². The third-order valence-corrected chi connectivity index (χ3v) is 2.68. The van der Waals surface area contributed by atoms with Crippen LogP contribution in [-0.4, -0.2) is 31.2 Å². The van der Waals surface area contributed by atoms with E-state index in [2.05, 4.69) is 11.1 Å². The van der Waals surface area contributed by atoms with E-state index in [9.17, 15) is 4.79 Å². The molecule has 0 aliphatic carbocycles. The molecule has 1 unspecified atom stereocenters. The molecule has 0 fully saturated rings. The third-order valence-electron chi connectivity index (χ3n) is 2.68. The summed E-state index contributed by atoms with van der Waals surface area (Å²) >= 11 is 0. The zero-order valence-electron chi connectivity index (χ0n) is 10.7. The Morgan fingerprint density at radius 3 is 2.94 bits per heavy atom. The number of hydrogen-bond donors (Lipinski definition) is 1. The molecule has 1 atom stereocenters. The summed E-state index contributed by atoms with van der Waals surface area (Å²) in [4.78, 5) is 17.6. The standard InChI is InChI=1S/C12H16N4O2/c1-8(4-5-13)16(2)11-10(12(17)18-3)6-9(14)7-15-11/h6-8H,4,14H2,1-3H3. The van der Waals surface area contributed by atoms with E-state index < -0.39 is 5.97 Å². The second-order valence-electron chi connectivity index (χ2n) is 3.95. The number of anilines is 2. The Morgan fingerprint density at radius 2 is 2.39 bits per heavy atom. The molecule has 1 aromatic heterocycles. The van der Waals surface area contributed by atoms with Gasteiger partial charge in [0.15, 0.2) is 0 Å². The van der Waals surface area contributed by atoms with Crippen LogP contribution in [0.2, 0.25) is 0 Å². The minimum Gasteiger partial charge on any atom is -0.465 e. The molecule has 0 saturated carbocycles. The Bertz CT molecular complexity index is 481. The van der Waals surface area contributed by atoms with Gasteiger partial charge in [-0.05, 0) is 13.0 Å². The monoisotopic (exact) mass is 248 g/mol. The van der Waals surface area contributed by atoms with Crippen LogP contribution in [0.1, 0.15) is 23.7 Å². The highest BCUT2D eigenvalue weighted by Gasteiger charge is 2.20. The number of carbonyl (C=O) groups excluding carboxylic acids is 1. The van der Waals surface area contributed by atoms with Crippen molar-refractivity contribution in [2.45, 2.75) is 19.4 Å². The Labute approximate surface area is 106 Å². The minimum absolute atomic E-state index is 0.0606. The summed E-state index contributed by atoms with van der Waals surface area (Å²) in [6, 6.07) is 3.54. The van der Waals surface area contributed by atoms with Gasteiger partial charge in [-0.3, -0.25) is 0 Å². The van der Waals surface area contributed by atoms with Crippen LogP contribution in [0.15, 0.2) is 12.3 Å². The fourth-order valence-corrected chi connectivity index (χ4v) is 1.49.